The molecule has 1 aromatic carbocycles. The van der Waals surface area contributed by atoms with Gasteiger partial charge < -0.3 is 5.32 Å². The minimum Gasteiger partial charge on any atom is -0.307 e. The van der Waals surface area contributed by atoms with Crippen molar-refractivity contribution in [3.8, 4) is 0 Å². The topological polar surface area (TPSA) is 108 Å². The molecule has 0 bridgehead atoms. The molecule has 0 saturated heterocycles. The molecule has 3 aromatic rings. The first-order valence-corrected chi connectivity index (χ1v) is 9.48. The van der Waals surface area contributed by atoms with Gasteiger partial charge >= 0.3 is 5.69 Å². The fourth-order valence-electron chi connectivity index (χ4n) is 2.82. The van der Waals surface area contributed by atoms with Crippen molar-refractivity contribution in [2.24, 2.45) is 0 Å². The highest BCUT2D eigenvalue weighted by molar-refractivity contribution is 9.10. The van der Waals surface area contributed by atoms with Crippen LogP contribution in [0.5, 0.6) is 0 Å². The molecule has 0 radical (unpaired) electrons. The number of benzene rings is 1. The van der Waals surface area contributed by atoms with E-state index in [9.17, 15) is 19.3 Å². The second kappa shape index (κ2) is 8.29. The number of rotatable bonds is 6. The molecule has 0 saturated carbocycles. The third kappa shape index (κ3) is 4.46. The summed E-state index contributed by atoms with van der Waals surface area (Å²) < 4.78 is 17.1. The Morgan fingerprint density at radius 1 is 1.38 bits per heavy atom. The summed E-state index contributed by atoms with van der Waals surface area (Å²) in [6.45, 7) is 2.88. The fraction of sp³-hybridized carbons (Fsp3) is 0.235. The van der Waals surface area contributed by atoms with Gasteiger partial charge in [0.1, 0.15) is 23.7 Å². The second-order valence-electron chi connectivity index (χ2n) is 6.21. The molecule has 2 heterocycles. The standard InChI is InChI=1S/C17H15BrClFN6O3/c1-9-16(26(28)29)10(2)25(22-9)8-15(27)21-17-12(18)7-24(23-17)6-11-13(19)4-3-5-14(11)20/h3-5,7H,6,8H2,1-2H3,(H,21,23,27). The Bertz CT molecular complexity index is 1090. The van der Waals surface area contributed by atoms with Crippen LogP contribution in [-0.2, 0) is 17.9 Å². The number of aryl methyl sites for hydroxylation is 1. The van der Waals surface area contributed by atoms with E-state index in [1.165, 1.54) is 35.3 Å². The molecule has 29 heavy (non-hydrogen) atoms. The minimum absolute atomic E-state index is 0.0730. The Kier molecular flexibility index (Phi) is 5.99. The average molecular weight is 486 g/mol. The predicted octanol–water partition coefficient (Wildman–Crippen LogP) is 3.85. The molecular weight excluding hydrogens is 471 g/mol. The second-order valence-corrected chi connectivity index (χ2v) is 7.47. The molecule has 0 spiro atoms. The van der Waals surface area contributed by atoms with Gasteiger partial charge in [-0.3, -0.25) is 24.3 Å². The smallest absolute Gasteiger partial charge is 0.307 e. The lowest BCUT2D eigenvalue weighted by Gasteiger charge is -2.06. The summed E-state index contributed by atoms with van der Waals surface area (Å²) in [5.74, 6) is -0.709. The lowest BCUT2D eigenvalue weighted by molar-refractivity contribution is -0.386. The Morgan fingerprint density at radius 2 is 2.10 bits per heavy atom. The van der Waals surface area contributed by atoms with Crippen LogP contribution >= 0.6 is 27.5 Å². The number of hydrogen-bond donors (Lipinski definition) is 1. The van der Waals surface area contributed by atoms with Crippen molar-refractivity contribution < 1.29 is 14.1 Å². The molecule has 0 atom stereocenters. The summed E-state index contributed by atoms with van der Waals surface area (Å²) in [6.07, 6.45) is 1.58. The van der Waals surface area contributed by atoms with Crippen LogP contribution in [0, 0.1) is 29.8 Å². The van der Waals surface area contributed by atoms with E-state index < -0.39 is 16.6 Å². The van der Waals surface area contributed by atoms with Crippen LogP contribution < -0.4 is 5.32 Å². The van der Waals surface area contributed by atoms with Crippen molar-refractivity contribution in [3.63, 3.8) is 0 Å². The molecular formula is C17H15BrClFN6O3. The Labute approximate surface area is 177 Å². The Morgan fingerprint density at radius 3 is 2.72 bits per heavy atom. The molecule has 0 aliphatic heterocycles. The lowest BCUT2D eigenvalue weighted by atomic mass is 10.2. The molecule has 152 valence electrons. The van der Waals surface area contributed by atoms with Crippen LogP contribution in [0.4, 0.5) is 15.9 Å². The first-order valence-electron chi connectivity index (χ1n) is 8.31. The fourth-order valence-corrected chi connectivity index (χ4v) is 3.46. The third-order valence-corrected chi connectivity index (χ3v) is 5.11. The Balaban J connectivity index is 1.74. The maximum atomic E-state index is 14.0. The van der Waals surface area contributed by atoms with E-state index in [0.29, 0.717) is 4.47 Å². The number of aromatic nitrogens is 4. The van der Waals surface area contributed by atoms with E-state index in [-0.39, 0.29) is 46.6 Å². The molecule has 1 N–H and O–H groups in total. The van der Waals surface area contributed by atoms with Crippen molar-refractivity contribution in [1.82, 2.24) is 19.6 Å². The number of amides is 1. The summed E-state index contributed by atoms with van der Waals surface area (Å²) in [4.78, 5) is 22.9. The first-order chi connectivity index (χ1) is 13.7. The monoisotopic (exact) mass is 484 g/mol. The van der Waals surface area contributed by atoms with Crippen LogP contribution in [0.2, 0.25) is 5.02 Å². The van der Waals surface area contributed by atoms with E-state index in [0.717, 1.165) is 0 Å². The highest BCUT2D eigenvalue weighted by atomic mass is 79.9. The van der Waals surface area contributed by atoms with Crippen molar-refractivity contribution in [1.29, 1.82) is 0 Å². The summed E-state index contributed by atoms with van der Waals surface area (Å²) in [5.41, 5.74) is 0.663. The zero-order valence-electron chi connectivity index (χ0n) is 15.3. The van der Waals surface area contributed by atoms with Gasteiger partial charge in [-0.05, 0) is 41.9 Å². The van der Waals surface area contributed by atoms with Crippen LogP contribution in [-0.4, -0.2) is 30.4 Å². The van der Waals surface area contributed by atoms with Gasteiger partial charge in [-0.25, -0.2) is 4.39 Å². The number of halogens is 3. The van der Waals surface area contributed by atoms with Crippen molar-refractivity contribution in [2.75, 3.05) is 5.32 Å². The van der Waals surface area contributed by atoms with Gasteiger partial charge in [0.05, 0.1) is 15.9 Å². The molecule has 1 amide bonds. The van der Waals surface area contributed by atoms with Crippen molar-refractivity contribution >= 4 is 44.9 Å². The summed E-state index contributed by atoms with van der Waals surface area (Å²) in [7, 11) is 0. The summed E-state index contributed by atoms with van der Waals surface area (Å²) in [6, 6.07) is 4.39. The van der Waals surface area contributed by atoms with Crippen molar-refractivity contribution in [2.45, 2.75) is 26.9 Å². The zero-order chi connectivity index (χ0) is 21.3. The Hall–Kier alpha value is -2.79. The maximum absolute atomic E-state index is 14.0. The van der Waals surface area contributed by atoms with Crippen LogP contribution in [0.25, 0.3) is 0 Å². The minimum atomic E-state index is -0.530. The largest absolute Gasteiger partial charge is 0.312 e. The molecule has 0 aliphatic carbocycles. The summed E-state index contributed by atoms with van der Waals surface area (Å²) in [5, 5.41) is 22.2. The summed E-state index contributed by atoms with van der Waals surface area (Å²) >= 11 is 9.33. The number of hydrogen-bond acceptors (Lipinski definition) is 5. The van der Waals surface area contributed by atoms with Crippen LogP contribution in [0.1, 0.15) is 17.0 Å². The van der Waals surface area contributed by atoms with Gasteiger partial charge in [-0.1, -0.05) is 17.7 Å². The number of carbonyl (C=O) groups excluding carboxylic acids is 1. The first kappa shape index (κ1) is 20.9. The molecule has 9 nitrogen and oxygen atoms in total. The van der Waals surface area contributed by atoms with Gasteiger partial charge in [0.25, 0.3) is 0 Å². The van der Waals surface area contributed by atoms with Gasteiger partial charge in [0, 0.05) is 16.8 Å². The predicted molar refractivity (Wildman–Crippen MR) is 107 cm³/mol. The van der Waals surface area contributed by atoms with E-state index >= 15 is 0 Å². The van der Waals surface area contributed by atoms with E-state index in [1.807, 2.05) is 0 Å². The number of nitro groups is 1. The normalized spacial score (nSPS) is 10.9. The SMILES string of the molecule is Cc1nn(CC(=O)Nc2nn(Cc3c(F)cccc3Cl)cc2Br)c(C)c1[N+](=O)[O-]. The average Bonchev–Trinajstić information content (AvgIpc) is 3.10. The van der Waals surface area contributed by atoms with Gasteiger partial charge in [0.15, 0.2) is 5.82 Å². The maximum Gasteiger partial charge on any atom is 0.312 e. The van der Waals surface area contributed by atoms with Crippen LogP contribution in [0.15, 0.2) is 28.9 Å². The lowest BCUT2D eigenvalue weighted by Crippen LogP contribution is -2.21. The molecule has 0 fully saturated rings. The van der Waals surface area contributed by atoms with Crippen LogP contribution in [0.3, 0.4) is 0 Å². The van der Waals surface area contributed by atoms with Gasteiger partial charge in [0.2, 0.25) is 5.91 Å². The number of anilines is 1. The van der Waals surface area contributed by atoms with Crippen molar-refractivity contribution in [3.05, 3.63) is 66.8 Å². The molecule has 0 unspecified atom stereocenters. The molecule has 3 rings (SSSR count). The highest BCUT2D eigenvalue weighted by Crippen LogP contribution is 2.25. The quantitative estimate of drug-likeness (QED) is 0.421. The molecule has 2 aromatic heterocycles. The third-order valence-electron chi connectivity index (χ3n) is 4.18. The highest BCUT2D eigenvalue weighted by Gasteiger charge is 2.23. The number of nitrogens with one attached hydrogen (secondary N) is 1. The molecule has 0 aliphatic rings. The zero-order valence-corrected chi connectivity index (χ0v) is 17.7. The van der Waals surface area contributed by atoms with E-state index in [4.69, 9.17) is 11.6 Å². The van der Waals surface area contributed by atoms with Gasteiger partial charge in [-0.15, -0.1) is 0 Å². The van der Waals surface area contributed by atoms with E-state index in [2.05, 4.69) is 31.4 Å². The number of nitrogens with zero attached hydrogens (tertiary/aromatic N) is 5. The van der Waals surface area contributed by atoms with Gasteiger partial charge in [-0.2, -0.15) is 10.2 Å². The molecule has 12 heteroatoms. The van der Waals surface area contributed by atoms with E-state index in [1.54, 1.807) is 12.3 Å². The number of carbonyl (C=O) groups is 1.